The van der Waals surface area contributed by atoms with Crippen LogP contribution in [-0.4, -0.2) is 42.0 Å². The van der Waals surface area contributed by atoms with Crippen molar-refractivity contribution in [1.29, 1.82) is 0 Å². The Labute approximate surface area is 594 Å². The number of hydrogen-bond donors (Lipinski definition) is 2. The van der Waals surface area contributed by atoms with E-state index in [1.807, 2.05) is 13.8 Å². The molecule has 0 atom stereocenters. The van der Waals surface area contributed by atoms with E-state index in [1.165, 1.54) is 46.5 Å². The van der Waals surface area contributed by atoms with Crippen LogP contribution < -0.4 is 0 Å². The van der Waals surface area contributed by atoms with Crippen LogP contribution >= 0.6 is 0 Å². The largest absolute Gasteiger partial charge is 0.582 e. The molecule has 512 valence electrons. The Hall–Kier alpha value is -6.70. The first-order valence-electron chi connectivity index (χ1n) is 33.7. The summed E-state index contributed by atoms with van der Waals surface area (Å²) in [6, 6.07) is 41.4. The number of ether oxygens (including phenoxy) is 2. The molecule has 0 bridgehead atoms. The van der Waals surface area contributed by atoms with Gasteiger partial charge in [-0.2, -0.15) is 0 Å². The predicted octanol–water partition coefficient (Wildman–Crippen LogP) is 24.6. The van der Waals surface area contributed by atoms with Gasteiger partial charge in [0.05, 0.1) is 44.6 Å². The zero-order valence-electron chi connectivity index (χ0n) is 63.0. The summed E-state index contributed by atoms with van der Waals surface area (Å²) < 4.78 is 47.7. The third-order valence-corrected chi connectivity index (χ3v) is 19.1. The number of halogens is 2. The average molecular weight is 1380 g/mol. The van der Waals surface area contributed by atoms with Crippen molar-refractivity contribution in [2.75, 3.05) is 13.2 Å². The van der Waals surface area contributed by atoms with Gasteiger partial charge in [0.25, 0.3) is 11.5 Å². The van der Waals surface area contributed by atoms with E-state index < -0.39 is 11.6 Å². The second-order valence-corrected chi connectivity index (χ2v) is 35.0. The first kappa shape index (κ1) is 76.7. The molecule has 6 nitrogen and oxygen atoms in total. The van der Waals surface area contributed by atoms with Crippen LogP contribution in [0.15, 0.2) is 121 Å². The summed E-state index contributed by atoms with van der Waals surface area (Å²) in [5, 5.41) is 30.8. The van der Waals surface area contributed by atoms with Crippen LogP contribution in [0.3, 0.4) is 0 Å². The summed E-state index contributed by atoms with van der Waals surface area (Å²) in [4.78, 5) is 0. The van der Waals surface area contributed by atoms with Crippen molar-refractivity contribution in [3.63, 3.8) is 0 Å². The molecular formula is C87H112F2N2O4Zr. The molecule has 10 aromatic rings. The molecule has 4 N–H and O–H groups in total. The third kappa shape index (κ3) is 15.4. The Bertz CT molecular complexity index is 4120. The summed E-state index contributed by atoms with van der Waals surface area (Å²) in [6.07, 6.45) is 2.19. The maximum atomic E-state index is 16.3. The van der Waals surface area contributed by atoms with Crippen molar-refractivity contribution in [3.8, 4) is 56.6 Å². The van der Waals surface area contributed by atoms with Gasteiger partial charge in [0, 0.05) is 70.0 Å². The van der Waals surface area contributed by atoms with Gasteiger partial charge in [-0.25, -0.2) is 8.78 Å². The molecule has 96 heavy (non-hydrogen) atoms. The molecule has 0 fully saturated rings. The van der Waals surface area contributed by atoms with E-state index in [-0.39, 0.29) is 95.9 Å². The quantitative estimate of drug-likeness (QED) is 0.0647. The molecule has 0 saturated heterocycles. The molecule has 0 unspecified atom stereocenters. The average Bonchev–Trinajstić information content (AvgIpc) is 1.52. The van der Waals surface area contributed by atoms with Crippen molar-refractivity contribution in [2.24, 2.45) is 10.8 Å². The van der Waals surface area contributed by atoms with Gasteiger partial charge in [-0.3, -0.25) is 0 Å². The standard InChI is InChI=1S/C85H104F2N2O4.2CH3.Zr/c1-50-36-58(86)46-66(64-38-56(84(21,22)48-78(3,4)5)44-72(74(64)90)88-68-40-52(80(9,10)11)26-30-60(68)61-31-27-53(41-69(61)88)81(12,13)14)76(50)92-34-25-35-93-77-51(2)37-59(87)47-67(77)65-39-57(85(23,24)49-79(6,7)8)45-73(75(65)91)89-70-42-54(82(15,16)17)28-32-62(70)63-33-29-55(43-71(63)89)83(18,19)20;;;/h26-33,36-47,90-91H,25,34-35,48-49H2,1-24H3;2*1H3;/q;2*-1;/p+2. The summed E-state index contributed by atoms with van der Waals surface area (Å²) in [7, 11) is 0. The van der Waals surface area contributed by atoms with E-state index >= 15 is 8.78 Å². The Morgan fingerprint density at radius 2 is 0.625 bits per heavy atom. The van der Waals surface area contributed by atoms with E-state index in [0.29, 0.717) is 75.9 Å². The number of aromatic hydroxyl groups is 4. The molecular weight excluding hydrogens is 1270 g/mol. The van der Waals surface area contributed by atoms with Crippen LogP contribution in [-0.2, 0) is 58.7 Å². The summed E-state index contributed by atoms with van der Waals surface area (Å²) in [5.74, 6) is 0.435. The van der Waals surface area contributed by atoms with Crippen molar-refractivity contribution in [2.45, 2.75) is 218 Å². The molecule has 0 radical (unpaired) electrons. The molecule has 2 aromatic heterocycles. The van der Waals surface area contributed by atoms with Crippen molar-refractivity contribution >= 4 is 43.6 Å². The zero-order chi connectivity index (χ0) is 68.4. The van der Waals surface area contributed by atoms with E-state index in [2.05, 4.69) is 259 Å². The van der Waals surface area contributed by atoms with E-state index in [1.54, 1.807) is 0 Å². The van der Waals surface area contributed by atoms with Gasteiger partial charge in [0.1, 0.15) is 29.6 Å². The SMILES string of the molecule is Cc1cc(F)cc(-c2cc(C(C)(C)CC(C)(C)C)cc(-n3c4cc(C(C)(C)C)ccc4c4ccc(C(C)(C)C)cc43)c2O)c1[OH+]CCC[OH+]c1c(C)cc(F)cc1-c1cc(C(C)(C)CC(C)(C)C)cc(-n2c3cc(C(C)(C)C)ccc3c3ccc(C(C)(C)C)cc32)c1O.[CH3-].[CH3-].[Zr]. The van der Waals surface area contributed by atoms with E-state index in [9.17, 15) is 10.2 Å². The number of fused-ring (bicyclic) bond motifs is 6. The monoisotopic (exact) mass is 1380 g/mol. The zero-order valence-corrected chi connectivity index (χ0v) is 65.5. The number of aromatic nitrogens is 2. The number of phenolic OH excluding ortho intramolecular Hbond substituents is 2. The first-order valence-corrected chi connectivity index (χ1v) is 33.7. The smallest absolute Gasteiger partial charge is 0.265 e. The minimum Gasteiger partial charge on any atom is -0.582 e. The number of phenols is 2. The van der Waals surface area contributed by atoms with E-state index in [0.717, 1.165) is 67.6 Å². The van der Waals surface area contributed by atoms with Gasteiger partial charge in [-0.1, -0.05) is 201 Å². The van der Waals surface area contributed by atoms with Crippen molar-refractivity contribution in [1.82, 2.24) is 9.13 Å². The Kier molecular flexibility index (Phi) is 21.4. The summed E-state index contributed by atoms with van der Waals surface area (Å²) >= 11 is 0. The van der Waals surface area contributed by atoms with Gasteiger partial charge in [-0.15, -0.1) is 0 Å². The molecule has 0 aliphatic rings. The van der Waals surface area contributed by atoms with E-state index in [4.69, 9.17) is 9.47 Å². The minimum absolute atomic E-state index is 0. The molecule has 0 aliphatic heterocycles. The molecule has 2 heterocycles. The second kappa shape index (κ2) is 26.9. The molecule has 0 spiro atoms. The van der Waals surface area contributed by atoms with Gasteiger partial charge >= 0.3 is 0 Å². The fourth-order valence-corrected chi connectivity index (χ4v) is 14.8. The fourth-order valence-electron chi connectivity index (χ4n) is 14.8. The number of aryl methyl sites for hydroxylation is 2. The predicted molar refractivity (Wildman–Crippen MR) is 405 cm³/mol. The normalized spacial score (nSPS) is 12.9. The van der Waals surface area contributed by atoms with Crippen LogP contribution in [0, 0.1) is 51.2 Å². The van der Waals surface area contributed by atoms with Crippen molar-refractivity contribution < 1.29 is 54.7 Å². The van der Waals surface area contributed by atoms with Gasteiger partial charge in [0.15, 0.2) is 13.2 Å². The Morgan fingerprint density at radius 1 is 0.354 bits per heavy atom. The van der Waals surface area contributed by atoms with Gasteiger partial charge < -0.3 is 43.7 Å². The maximum Gasteiger partial charge on any atom is 0.265 e. The number of aliphatic hydroxyl groups is 2. The minimum atomic E-state index is -0.419. The first-order chi connectivity index (χ1) is 42.8. The fraction of sp³-hybridized carbons (Fsp3) is 0.425. The number of hydrogen-bond acceptors (Lipinski definition) is 2. The molecule has 0 amide bonds. The summed E-state index contributed by atoms with van der Waals surface area (Å²) in [6.45, 7) is 53.7. The van der Waals surface area contributed by atoms with Crippen LogP contribution in [0.2, 0.25) is 0 Å². The number of benzene rings is 8. The van der Waals surface area contributed by atoms with Crippen LogP contribution in [0.5, 0.6) is 23.0 Å². The molecule has 0 saturated carbocycles. The molecule has 10 rings (SSSR count). The van der Waals surface area contributed by atoms with Gasteiger partial charge in [-0.05, 0) is 176 Å². The Balaban J connectivity index is 0.00000433. The maximum absolute atomic E-state index is 16.3. The van der Waals surface area contributed by atoms with Gasteiger partial charge in [0.2, 0.25) is 0 Å². The van der Waals surface area contributed by atoms with Crippen LogP contribution in [0.1, 0.15) is 216 Å². The Morgan fingerprint density at radius 3 is 0.875 bits per heavy atom. The summed E-state index contributed by atoms with van der Waals surface area (Å²) in [5.41, 5.74) is 13.8. The van der Waals surface area contributed by atoms with Crippen molar-refractivity contribution in [3.05, 3.63) is 192 Å². The number of nitrogens with zero attached hydrogens (tertiary/aromatic N) is 2. The number of rotatable bonds is 14. The second-order valence-electron chi connectivity index (χ2n) is 35.0. The van der Waals surface area contributed by atoms with Crippen LogP contribution in [0.4, 0.5) is 8.78 Å². The molecule has 8 aromatic carbocycles. The molecule has 0 aliphatic carbocycles. The third-order valence-electron chi connectivity index (χ3n) is 19.1. The van der Waals surface area contributed by atoms with Crippen LogP contribution in [0.25, 0.3) is 77.2 Å². The topological polar surface area (TPSA) is 75.9 Å². The molecule has 9 heteroatoms.